The normalized spacial score (nSPS) is 27.3. The second-order valence-electron chi connectivity index (χ2n) is 24.7. The predicted octanol–water partition coefficient (Wildman–Crippen LogP) is 7.52. The molecule has 6 aliphatic heterocycles. The summed E-state index contributed by atoms with van der Waals surface area (Å²) in [4.78, 5) is 108. The van der Waals surface area contributed by atoms with Gasteiger partial charge in [-0.15, -0.1) is 22.7 Å². The molecule has 2 saturated carbocycles. The molecule has 8 heterocycles. The number of halogens is 2. The van der Waals surface area contributed by atoms with Crippen molar-refractivity contribution in [2.75, 3.05) is 78.7 Å². The van der Waals surface area contributed by atoms with E-state index in [1.807, 2.05) is 30.4 Å². The number of benzene rings is 2. The Kier molecular flexibility index (Phi) is 18.4. The van der Waals surface area contributed by atoms with Crippen LogP contribution in [0.15, 0.2) is 92.1 Å². The number of carbonyl (C=O) groups excluding carboxylic acids is 4. The molecule has 2 aromatic carbocycles. The van der Waals surface area contributed by atoms with Crippen LogP contribution in [0, 0.1) is 37.3 Å². The number of rotatable bonds is 16. The molecule has 2 aliphatic carbocycles. The minimum absolute atomic E-state index is 0.0120. The van der Waals surface area contributed by atoms with Crippen molar-refractivity contribution in [1.82, 2.24) is 50.0 Å². The first-order chi connectivity index (χ1) is 42.7. The van der Waals surface area contributed by atoms with Crippen molar-refractivity contribution >= 4 is 70.3 Å². The Balaban J connectivity index is 0.000000184. The lowest BCUT2D eigenvalue weighted by Crippen LogP contribution is -2.60. The maximum absolute atomic E-state index is 14.8. The van der Waals surface area contributed by atoms with Gasteiger partial charge in [-0.2, -0.15) is 0 Å². The number of esters is 2. The van der Waals surface area contributed by atoms with Crippen molar-refractivity contribution in [3.8, 4) is 0 Å². The minimum Gasteiger partial charge on any atom is -0.481 e. The molecule has 2 aromatic heterocycles. The molecule has 4 N–H and O–H groups in total. The minimum atomic E-state index is -0.801. The van der Waals surface area contributed by atoms with Crippen molar-refractivity contribution in [2.24, 2.45) is 21.8 Å². The van der Waals surface area contributed by atoms with E-state index in [9.17, 15) is 47.8 Å². The molecule has 6 unspecified atom stereocenters. The number of aliphatic carboxylic acids is 2. The molecule has 6 atom stereocenters. The molecule has 22 nitrogen and oxygen atoms in total. The molecule has 0 radical (unpaired) electrons. The largest absolute Gasteiger partial charge is 0.481 e. The summed E-state index contributed by atoms with van der Waals surface area (Å²) in [6, 6.07) is 7.93. The number of nitrogens with one attached hydrogen (secondary N) is 2. The van der Waals surface area contributed by atoms with E-state index in [4.69, 9.17) is 19.5 Å². The molecule has 89 heavy (non-hydrogen) atoms. The molecule has 12 rings (SSSR count). The Labute approximate surface area is 523 Å². The third kappa shape index (κ3) is 12.7. The number of aromatic nitrogens is 2. The third-order valence-corrected chi connectivity index (χ3v) is 20.4. The number of aliphatic imine (C=N–C) groups is 2. The molecule has 0 bridgehead atoms. The highest BCUT2D eigenvalue weighted by molar-refractivity contribution is 7.12. The summed E-state index contributed by atoms with van der Waals surface area (Å²) in [5.74, 6) is -3.10. The van der Waals surface area contributed by atoms with Gasteiger partial charge in [0, 0.05) is 112 Å². The quantitative estimate of drug-likeness (QED) is 0.0791. The number of nitrogens with zero attached hydrogens (tertiary/aromatic N) is 10. The van der Waals surface area contributed by atoms with Crippen LogP contribution in [0.25, 0.3) is 0 Å². The van der Waals surface area contributed by atoms with Crippen molar-refractivity contribution in [1.29, 1.82) is 0 Å². The molecule has 4 saturated heterocycles. The van der Waals surface area contributed by atoms with Crippen LogP contribution in [0.3, 0.4) is 0 Å². The fourth-order valence-corrected chi connectivity index (χ4v) is 15.5. The Hall–Kier alpha value is -7.68. The van der Waals surface area contributed by atoms with Crippen molar-refractivity contribution in [3.05, 3.63) is 126 Å². The smallest absolute Gasteiger partial charge is 0.338 e. The van der Waals surface area contributed by atoms with Gasteiger partial charge in [0.15, 0.2) is 21.7 Å². The first-order valence-corrected chi connectivity index (χ1v) is 32.3. The Morgan fingerprint density at radius 3 is 1.45 bits per heavy atom. The molecule has 474 valence electrons. The molecule has 4 amide bonds. The summed E-state index contributed by atoms with van der Waals surface area (Å²) in [6.07, 6.45) is 7.67. The highest BCUT2D eigenvalue weighted by Crippen LogP contribution is 2.42. The molecular weight excluding hydrogens is 1190 g/mol. The number of amidine groups is 2. The number of hydrogen-bond donors (Lipinski definition) is 4. The number of carboxylic acids is 2. The summed E-state index contributed by atoms with van der Waals surface area (Å²) < 4.78 is 40.6. The second-order valence-corrected chi connectivity index (χ2v) is 26.5. The van der Waals surface area contributed by atoms with Gasteiger partial charge < -0.3 is 49.9 Å². The molecule has 8 aliphatic rings. The molecule has 0 spiro atoms. The van der Waals surface area contributed by atoms with Crippen LogP contribution in [0.2, 0.25) is 0 Å². The fraction of sp³-hybridized carbons (Fsp3) is 0.524. The van der Waals surface area contributed by atoms with Crippen molar-refractivity contribution in [2.45, 2.75) is 122 Å². The van der Waals surface area contributed by atoms with Crippen molar-refractivity contribution in [3.63, 3.8) is 0 Å². The molecule has 6 fully saturated rings. The van der Waals surface area contributed by atoms with Crippen LogP contribution in [-0.4, -0.2) is 199 Å². The van der Waals surface area contributed by atoms with Crippen LogP contribution < -0.4 is 10.6 Å². The van der Waals surface area contributed by atoms with E-state index in [-0.39, 0.29) is 54.9 Å². The first-order valence-electron chi connectivity index (χ1n) is 30.6. The third-order valence-electron chi connectivity index (χ3n) is 18.9. The monoisotopic (exact) mass is 1260 g/mol. The predicted molar refractivity (Wildman–Crippen MR) is 328 cm³/mol. The van der Waals surface area contributed by atoms with Crippen LogP contribution in [-0.2, 0) is 28.7 Å². The number of carboxylic acid groups (broad SMARTS) is 2. The average molecular weight is 1260 g/mol. The topological polar surface area (TPSA) is 255 Å². The number of amides is 4. The molecular formula is C63H76F2N12O10S2. The van der Waals surface area contributed by atoms with Gasteiger partial charge in [-0.05, 0) is 121 Å². The highest BCUT2D eigenvalue weighted by atomic mass is 32.1. The lowest BCUT2D eigenvalue weighted by Gasteiger charge is -2.44. The van der Waals surface area contributed by atoms with E-state index >= 15 is 0 Å². The summed E-state index contributed by atoms with van der Waals surface area (Å²) in [5, 5.41) is 30.7. The summed E-state index contributed by atoms with van der Waals surface area (Å²) in [6.45, 7) is 16.5. The number of thiazole rings is 2. The number of piperazine rings is 2. The molecule has 4 aromatic rings. The lowest BCUT2D eigenvalue weighted by molar-refractivity contribution is -0.143. The van der Waals surface area contributed by atoms with E-state index in [1.165, 1.54) is 34.8 Å². The molecule has 26 heteroatoms. The number of hydrogen-bond acceptors (Lipinski definition) is 18. The number of fused-ring (bicyclic) bond motifs is 2. The van der Waals surface area contributed by atoms with Gasteiger partial charge in [-0.1, -0.05) is 24.3 Å². The van der Waals surface area contributed by atoms with Crippen LogP contribution in [0.1, 0.15) is 117 Å². The van der Waals surface area contributed by atoms with Gasteiger partial charge in [0.25, 0.3) is 0 Å². The van der Waals surface area contributed by atoms with Gasteiger partial charge >= 0.3 is 35.9 Å². The zero-order valence-corrected chi connectivity index (χ0v) is 52.5. The van der Waals surface area contributed by atoms with Gasteiger partial charge in [-0.25, -0.2) is 37.9 Å². The van der Waals surface area contributed by atoms with Gasteiger partial charge in [-0.3, -0.25) is 29.4 Å². The SMILES string of the molecule is CCOC(=O)C1=C(CN2CCN3C(=O)N(C4CCC(C(=O)O)C4)CC3(C)C2)NC(c2nccs2)=NC1c1cccc(F)c1C.CCOC(=O)C1=C(CN2CCN3C(=O)N(C4CCC(C(=O)O)CC4)CC3(C)C2)NC(c2nccs2)=NC1c1cccc(F)c1C. The van der Waals surface area contributed by atoms with E-state index < -0.39 is 53.0 Å². The highest BCUT2D eigenvalue weighted by Gasteiger charge is 2.54. The summed E-state index contributed by atoms with van der Waals surface area (Å²) in [7, 11) is 0. The zero-order chi connectivity index (χ0) is 63.1. The Morgan fingerprint density at radius 1 is 0.618 bits per heavy atom. The van der Waals surface area contributed by atoms with Crippen LogP contribution in [0.5, 0.6) is 0 Å². The first kappa shape index (κ1) is 62.9. The van der Waals surface area contributed by atoms with Gasteiger partial charge in [0.2, 0.25) is 0 Å². The van der Waals surface area contributed by atoms with Crippen LogP contribution in [0.4, 0.5) is 18.4 Å². The van der Waals surface area contributed by atoms with E-state index in [0.717, 1.165) is 0 Å². The van der Waals surface area contributed by atoms with E-state index in [1.54, 1.807) is 64.4 Å². The van der Waals surface area contributed by atoms with Gasteiger partial charge in [0.05, 0.1) is 47.3 Å². The maximum atomic E-state index is 14.8. The maximum Gasteiger partial charge on any atom is 0.338 e. The number of carbonyl (C=O) groups is 6. The second kappa shape index (κ2) is 26.0. The fourth-order valence-electron chi connectivity index (χ4n) is 14.3. The van der Waals surface area contributed by atoms with Gasteiger partial charge in [0.1, 0.15) is 23.7 Å². The lowest BCUT2D eigenvalue weighted by atomic mass is 9.85. The zero-order valence-electron chi connectivity index (χ0n) is 50.9. The van der Waals surface area contributed by atoms with E-state index in [0.29, 0.717) is 177 Å². The standard InChI is InChI=1S/C32H39FN6O5S.C31H37FN6O5S/c1-4-44-30(42)25-24(35-27(28-34-12-15-45-28)36-26(25)22-6-5-7-23(33)19(22)2)16-37-13-14-39-31(43)38(18-32(39,3)17-37)21-10-8-20(9-11-21)29(40)41;1-4-43-29(41)24-23(34-26(27-33-10-13-44-27)35-25(24)21-6-5-7-22(32)18(21)2)15-36-11-12-38-30(42)37(17-31(38,3)16-36)20-9-8-19(14-20)28(39)40/h5-7,12,15,20-21,26H,4,8-11,13-14,16-18H2,1-3H3,(H,35,36)(H,40,41);5-7,10,13,19-20,25H,4,8-9,11-12,14-17H2,1-3H3,(H,34,35)(H,39,40). The van der Waals surface area contributed by atoms with Crippen molar-refractivity contribution < 1.29 is 57.2 Å². The average Bonchev–Trinajstić information content (AvgIpc) is 1.92. The number of ether oxygens (including phenoxy) is 2. The van der Waals surface area contributed by atoms with E-state index in [2.05, 4.69) is 44.2 Å². The van der Waals surface area contributed by atoms with Crippen LogP contribution >= 0.6 is 22.7 Å². The Morgan fingerprint density at radius 2 is 1.04 bits per heavy atom. The summed E-state index contributed by atoms with van der Waals surface area (Å²) >= 11 is 2.83. The number of urea groups is 2. The Bertz CT molecular complexity index is 3520. The summed E-state index contributed by atoms with van der Waals surface area (Å²) in [5.41, 5.74) is 2.92.